The molecule has 1 aromatic heterocycles. The molecule has 0 radical (unpaired) electrons. The first-order valence-electron chi connectivity index (χ1n) is 7.56. The number of nitrogens with two attached hydrogens (primary N) is 1. The van der Waals surface area contributed by atoms with Crippen LogP contribution in [0.4, 0.5) is 10.9 Å². The van der Waals surface area contributed by atoms with Gasteiger partial charge < -0.3 is 20.9 Å². The number of aromatic nitrogens is 1. The largest absolute Gasteiger partial charge is 0.382 e. The van der Waals surface area contributed by atoms with Crippen LogP contribution in [0, 0.1) is 0 Å². The summed E-state index contributed by atoms with van der Waals surface area (Å²) >= 11 is 1.35. The third-order valence-corrected chi connectivity index (χ3v) is 4.83. The third-order valence-electron chi connectivity index (χ3n) is 3.81. The Hall–Kier alpha value is -1.34. The van der Waals surface area contributed by atoms with Crippen LogP contribution in [0.1, 0.15) is 36.4 Å². The van der Waals surface area contributed by atoms with Crippen molar-refractivity contribution in [2.45, 2.75) is 32.7 Å². The van der Waals surface area contributed by atoms with E-state index in [0.29, 0.717) is 10.7 Å². The van der Waals surface area contributed by atoms with Gasteiger partial charge >= 0.3 is 0 Å². The van der Waals surface area contributed by atoms with Gasteiger partial charge in [0.1, 0.15) is 10.7 Å². The second kappa shape index (κ2) is 7.09. The average molecular weight is 311 g/mol. The van der Waals surface area contributed by atoms with E-state index in [2.05, 4.69) is 29.2 Å². The molecule has 1 fully saturated rings. The molecule has 21 heavy (non-hydrogen) atoms. The van der Waals surface area contributed by atoms with Crippen LogP contribution in [-0.2, 0) is 0 Å². The van der Waals surface area contributed by atoms with E-state index >= 15 is 0 Å². The molecule has 1 amide bonds. The Morgan fingerprint density at radius 2 is 2.24 bits per heavy atom. The molecule has 1 atom stereocenters. The van der Waals surface area contributed by atoms with Gasteiger partial charge in [0, 0.05) is 25.7 Å². The number of anilines is 2. The molecule has 0 aliphatic carbocycles. The molecule has 2 rings (SSSR count). The molecule has 2 heterocycles. The highest BCUT2D eigenvalue weighted by molar-refractivity contribution is 7.18. The first-order valence-corrected chi connectivity index (χ1v) is 8.38. The maximum absolute atomic E-state index is 12.8. The van der Waals surface area contributed by atoms with Gasteiger partial charge in [-0.1, -0.05) is 18.3 Å². The minimum Gasteiger partial charge on any atom is -0.382 e. The van der Waals surface area contributed by atoms with Crippen LogP contribution in [0.15, 0.2) is 0 Å². The van der Waals surface area contributed by atoms with Crippen LogP contribution >= 0.6 is 11.3 Å². The van der Waals surface area contributed by atoms with Gasteiger partial charge in [0.2, 0.25) is 0 Å². The number of rotatable bonds is 4. The summed E-state index contributed by atoms with van der Waals surface area (Å²) in [5, 5.41) is 3.84. The Bertz CT molecular complexity index is 490. The van der Waals surface area contributed by atoms with E-state index in [4.69, 9.17) is 5.73 Å². The number of nitrogens with one attached hydrogen (secondary N) is 1. The number of hydrogen-bond donors (Lipinski definition) is 2. The second-order valence-electron chi connectivity index (χ2n) is 5.44. The predicted molar refractivity (Wildman–Crippen MR) is 87.9 cm³/mol. The maximum Gasteiger partial charge on any atom is 0.268 e. The zero-order valence-electron chi connectivity index (χ0n) is 13.1. The summed E-state index contributed by atoms with van der Waals surface area (Å²) in [6, 6.07) is 0.245. The van der Waals surface area contributed by atoms with E-state index in [9.17, 15) is 4.79 Å². The van der Waals surface area contributed by atoms with E-state index in [-0.39, 0.29) is 11.9 Å². The van der Waals surface area contributed by atoms with Crippen LogP contribution in [0.25, 0.3) is 0 Å². The minimum absolute atomic E-state index is 0.0244. The molecular weight excluding hydrogens is 286 g/mol. The van der Waals surface area contributed by atoms with Crippen molar-refractivity contribution in [2.24, 2.45) is 0 Å². The monoisotopic (exact) mass is 311 g/mol. The number of amides is 1. The molecular formula is C14H25N5OS. The van der Waals surface area contributed by atoms with Crippen molar-refractivity contribution in [3.8, 4) is 0 Å². The van der Waals surface area contributed by atoms with E-state index in [0.717, 1.165) is 44.2 Å². The van der Waals surface area contributed by atoms with Gasteiger partial charge in [-0.2, -0.15) is 0 Å². The standard InChI is InChI=1S/C14H25N5OS/c1-4-10-9-18(3)7-6-8-19(10)13(20)11-12(15)17-14(21-11)16-5-2/h10H,4-9,15H2,1-3H3,(H,16,17). The highest BCUT2D eigenvalue weighted by atomic mass is 32.1. The number of hydrogen-bond acceptors (Lipinski definition) is 6. The third kappa shape index (κ3) is 3.65. The molecule has 0 aromatic carbocycles. The fourth-order valence-electron chi connectivity index (χ4n) is 2.70. The fourth-order valence-corrected chi connectivity index (χ4v) is 3.61. The topological polar surface area (TPSA) is 74.5 Å². The summed E-state index contributed by atoms with van der Waals surface area (Å²) in [4.78, 5) is 21.9. The summed E-state index contributed by atoms with van der Waals surface area (Å²) in [7, 11) is 2.11. The van der Waals surface area contributed by atoms with E-state index in [1.54, 1.807) is 0 Å². The van der Waals surface area contributed by atoms with Crippen molar-refractivity contribution < 1.29 is 4.79 Å². The molecule has 6 nitrogen and oxygen atoms in total. The molecule has 7 heteroatoms. The van der Waals surface area contributed by atoms with Crippen molar-refractivity contribution in [1.29, 1.82) is 0 Å². The smallest absolute Gasteiger partial charge is 0.268 e. The minimum atomic E-state index is 0.0244. The SMILES string of the molecule is CCNc1nc(N)c(C(=O)N2CCCN(C)CC2CC)s1. The lowest BCUT2D eigenvalue weighted by Crippen LogP contribution is -2.43. The molecule has 1 saturated heterocycles. The van der Waals surface area contributed by atoms with Gasteiger partial charge in [-0.05, 0) is 33.4 Å². The van der Waals surface area contributed by atoms with Gasteiger partial charge in [-0.3, -0.25) is 4.79 Å². The Morgan fingerprint density at radius 3 is 2.90 bits per heavy atom. The van der Waals surface area contributed by atoms with Crippen LogP contribution in [0.3, 0.4) is 0 Å². The van der Waals surface area contributed by atoms with Crippen LogP contribution < -0.4 is 11.1 Å². The van der Waals surface area contributed by atoms with Gasteiger partial charge in [-0.25, -0.2) is 4.98 Å². The zero-order chi connectivity index (χ0) is 15.4. The molecule has 118 valence electrons. The molecule has 0 bridgehead atoms. The van der Waals surface area contributed by atoms with Crippen LogP contribution in [0.2, 0.25) is 0 Å². The number of nitrogens with zero attached hydrogens (tertiary/aromatic N) is 3. The van der Waals surface area contributed by atoms with E-state index in [1.165, 1.54) is 11.3 Å². The quantitative estimate of drug-likeness (QED) is 0.885. The highest BCUT2D eigenvalue weighted by Crippen LogP contribution is 2.27. The molecule has 1 aliphatic heterocycles. The second-order valence-corrected chi connectivity index (χ2v) is 6.44. The Morgan fingerprint density at radius 1 is 1.48 bits per heavy atom. The first-order chi connectivity index (χ1) is 10.1. The summed E-state index contributed by atoms with van der Waals surface area (Å²) in [6.45, 7) is 7.63. The molecule has 1 aliphatic rings. The van der Waals surface area contributed by atoms with Gasteiger partial charge in [0.25, 0.3) is 5.91 Å². The van der Waals surface area contributed by atoms with Crippen molar-refractivity contribution in [3.05, 3.63) is 4.88 Å². The van der Waals surface area contributed by atoms with Gasteiger partial charge in [-0.15, -0.1) is 0 Å². The Balaban J connectivity index is 2.20. The van der Waals surface area contributed by atoms with E-state index < -0.39 is 0 Å². The van der Waals surface area contributed by atoms with Gasteiger partial charge in [0.05, 0.1) is 0 Å². The predicted octanol–water partition coefficient (Wildman–Crippen LogP) is 1.71. The lowest BCUT2D eigenvalue weighted by molar-refractivity contribution is 0.0681. The number of nitrogen functional groups attached to an aromatic ring is 1. The number of carbonyl (C=O) groups excluding carboxylic acids is 1. The average Bonchev–Trinajstić information content (AvgIpc) is 2.70. The number of carbonyl (C=O) groups is 1. The maximum atomic E-state index is 12.8. The lowest BCUT2D eigenvalue weighted by Gasteiger charge is -2.29. The molecule has 0 spiro atoms. The van der Waals surface area contributed by atoms with Gasteiger partial charge in [0.15, 0.2) is 5.13 Å². The number of likely N-dealkylation sites (N-methyl/N-ethyl adjacent to an activating group) is 1. The summed E-state index contributed by atoms with van der Waals surface area (Å²) < 4.78 is 0. The highest BCUT2D eigenvalue weighted by Gasteiger charge is 2.29. The van der Waals surface area contributed by atoms with Crippen LogP contribution in [-0.4, -0.2) is 60.0 Å². The molecule has 1 aromatic rings. The first kappa shape index (κ1) is 16.0. The molecule has 0 saturated carbocycles. The Kier molecular flexibility index (Phi) is 5.41. The normalized spacial score (nSPS) is 20.3. The summed E-state index contributed by atoms with van der Waals surface area (Å²) in [6.07, 6.45) is 1.95. The molecule has 1 unspecified atom stereocenters. The molecule has 3 N–H and O–H groups in total. The van der Waals surface area contributed by atoms with Crippen molar-refractivity contribution >= 4 is 28.2 Å². The van der Waals surface area contributed by atoms with Crippen molar-refractivity contribution in [1.82, 2.24) is 14.8 Å². The summed E-state index contributed by atoms with van der Waals surface area (Å²) in [5.74, 6) is 0.365. The zero-order valence-corrected chi connectivity index (χ0v) is 13.9. The van der Waals surface area contributed by atoms with Crippen LogP contribution in [0.5, 0.6) is 0 Å². The lowest BCUT2D eigenvalue weighted by atomic mass is 10.2. The number of thiazole rings is 1. The summed E-state index contributed by atoms with van der Waals surface area (Å²) in [5.41, 5.74) is 5.93. The van der Waals surface area contributed by atoms with Crippen molar-refractivity contribution in [3.63, 3.8) is 0 Å². The fraction of sp³-hybridized carbons (Fsp3) is 0.714. The Labute approximate surface area is 130 Å². The van der Waals surface area contributed by atoms with Crippen molar-refractivity contribution in [2.75, 3.05) is 44.3 Å². The van der Waals surface area contributed by atoms with E-state index in [1.807, 2.05) is 11.8 Å².